The molecule has 1 aromatic rings. The van der Waals surface area contributed by atoms with Crippen LogP contribution in [0.5, 0.6) is 5.75 Å². The van der Waals surface area contributed by atoms with E-state index in [0.29, 0.717) is 0 Å². The van der Waals surface area contributed by atoms with Gasteiger partial charge < -0.3 is 14.7 Å². The third-order valence-electron chi connectivity index (χ3n) is 3.92. The number of hydrogen-bond acceptors (Lipinski definition) is 4. The Labute approximate surface area is 130 Å². The highest BCUT2D eigenvalue weighted by Crippen LogP contribution is 2.25. The summed E-state index contributed by atoms with van der Waals surface area (Å²) in [6.45, 7) is 5.94. The second kappa shape index (κ2) is 6.36. The van der Waals surface area contributed by atoms with Crippen molar-refractivity contribution >= 4 is 11.9 Å². The number of carbonyl (C=O) groups is 2. The Morgan fingerprint density at radius 3 is 2.45 bits per heavy atom. The maximum Gasteiger partial charge on any atom is 0.327 e. The zero-order valence-electron chi connectivity index (χ0n) is 13.4. The average Bonchev–Trinajstić information content (AvgIpc) is 2.69. The Bertz CT molecular complexity index is 600. The van der Waals surface area contributed by atoms with Crippen LogP contribution in [0.15, 0.2) is 12.1 Å². The smallest absolute Gasteiger partial charge is 0.327 e. The molecule has 1 aliphatic heterocycles. The number of hydrogen-bond donors (Lipinski definition) is 1. The fourth-order valence-corrected chi connectivity index (χ4v) is 2.44. The van der Waals surface area contributed by atoms with Crippen molar-refractivity contribution in [2.24, 2.45) is 0 Å². The van der Waals surface area contributed by atoms with Crippen molar-refractivity contribution < 1.29 is 19.4 Å². The van der Waals surface area contributed by atoms with Gasteiger partial charge in [-0.05, 0) is 37.5 Å². The van der Waals surface area contributed by atoms with Crippen LogP contribution in [0.3, 0.4) is 0 Å². The fraction of sp³-hybridized carbons (Fsp3) is 0.500. The molecule has 0 aliphatic carbocycles. The molecule has 2 rings (SSSR count). The van der Waals surface area contributed by atoms with Gasteiger partial charge >= 0.3 is 6.03 Å². The summed E-state index contributed by atoms with van der Waals surface area (Å²) in [6.07, 6.45) is -0.918. The SMILES string of the molecule is Cc1ccc(C)c(OC[C@H](O)CN2C(=O)CN(C)C2=O)c1C. The minimum atomic E-state index is -0.918. The van der Waals surface area contributed by atoms with Crippen molar-refractivity contribution in [3.05, 3.63) is 28.8 Å². The summed E-state index contributed by atoms with van der Waals surface area (Å²) in [5, 5.41) is 10.1. The van der Waals surface area contributed by atoms with E-state index in [2.05, 4.69) is 0 Å². The summed E-state index contributed by atoms with van der Waals surface area (Å²) in [6, 6.07) is 3.60. The summed E-state index contributed by atoms with van der Waals surface area (Å²) < 4.78 is 5.70. The van der Waals surface area contributed by atoms with Crippen LogP contribution in [0, 0.1) is 20.8 Å². The molecule has 6 heteroatoms. The zero-order valence-corrected chi connectivity index (χ0v) is 13.4. The maximum atomic E-state index is 11.8. The number of nitrogens with zero attached hydrogens (tertiary/aromatic N) is 2. The minimum Gasteiger partial charge on any atom is -0.490 e. The van der Waals surface area contributed by atoms with Gasteiger partial charge in [-0.1, -0.05) is 12.1 Å². The van der Waals surface area contributed by atoms with Gasteiger partial charge in [-0.2, -0.15) is 0 Å². The molecule has 0 saturated carbocycles. The predicted octanol–water partition coefficient (Wildman–Crippen LogP) is 1.25. The lowest BCUT2D eigenvalue weighted by Crippen LogP contribution is -2.40. The van der Waals surface area contributed by atoms with E-state index in [-0.39, 0.29) is 31.6 Å². The Morgan fingerprint density at radius 1 is 1.23 bits per heavy atom. The molecule has 6 nitrogen and oxygen atoms in total. The quantitative estimate of drug-likeness (QED) is 0.831. The number of amides is 3. The Balaban J connectivity index is 1.97. The first-order chi connectivity index (χ1) is 10.3. The summed E-state index contributed by atoms with van der Waals surface area (Å²) in [5.74, 6) is 0.449. The largest absolute Gasteiger partial charge is 0.490 e. The molecule has 3 amide bonds. The normalized spacial score (nSPS) is 16.4. The van der Waals surface area contributed by atoms with Crippen LogP contribution < -0.4 is 4.74 Å². The lowest BCUT2D eigenvalue weighted by molar-refractivity contribution is -0.126. The number of ether oxygens (including phenoxy) is 1. The number of benzene rings is 1. The standard InChI is InChI=1S/C16H22N2O4/c1-10-5-6-11(2)15(12(10)3)22-9-13(19)7-18-14(20)8-17(4)16(18)21/h5-6,13,19H,7-9H2,1-4H3/t13-/m1/s1. The number of aliphatic hydroxyl groups is 1. The van der Waals surface area contributed by atoms with Gasteiger partial charge in [-0.25, -0.2) is 4.79 Å². The van der Waals surface area contributed by atoms with Crippen LogP contribution in [0.1, 0.15) is 16.7 Å². The molecule has 22 heavy (non-hydrogen) atoms. The van der Waals surface area contributed by atoms with E-state index in [9.17, 15) is 14.7 Å². The van der Waals surface area contributed by atoms with Crippen LogP contribution in [0.25, 0.3) is 0 Å². The molecule has 1 saturated heterocycles. The van der Waals surface area contributed by atoms with E-state index in [0.717, 1.165) is 27.3 Å². The van der Waals surface area contributed by atoms with Gasteiger partial charge in [0.15, 0.2) is 0 Å². The average molecular weight is 306 g/mol. The molecule has 1 aliphatic rings. The lowest BCUT2D eigenvalue weighted by atomic mass is 10.1. The predicted molar refractivity (Wildman–Crippen MR) is 81.9 cm³/mol. The first-order valence-electron chi connectivity index (χ1n) is 7.24. The summed E-state index contributed by atoms with van der Waals surface area (Å²) in [5.41, 5.74) is 3.13. The maximum absolute atomic E-state index is 11.8. The molecule has 120 valence electrons. The first kappa shape index (κ1) is 16.3. The molecular weight excluding hydrogens is 284 g/mol. The van der Waals surface area contributed by atoms with E-state index in [4.69, 9.17) is 4.74 Å². The molecule has 1 aromatic carbocycles. The zero-order chi connectivity index (χ0) is 16.4. The van der Waals surface area contributed by atoms with Crippen molar-refractivity contribution in [1.29, 1.82) is 0 Å². The van der Waals surface area contributed by atoms with Crippen molar-refractivity contribution in [3.8, 4) is 5.75 Å². The van der Waals surface area contributed by atoms with Crippen molar-refractivity contribution in [3.63, 3.8) is 0 Å². The van der Waals surface area contributed by atoms with Crippen LogP contribution in [-0.2, 0) is 4.79 Å². The van der Waals surface area contributed by atoms with E-state index in [1.807, 2.05) is 32.9 Å². The van der Waals surface area contributed by atoms with Gasteiger partial charge in [0, 0.05) is 7.05 Å². The first-order valence-corrected chi connectivity index (χ1v) is 7.24. The molecule has 0 spiro atoms. The van der Waals surface area contributed by atoms with E-state index < -0.39 is 6.10 Å². The Hall–Kier alpha value is -2.08. The molecule has 0 unspecified atom stereocenters. The van der Waals surface area contributed by atoms with Crippen molar-refractivity contribution in [2.45, 2.75) is 26.9 Å². The third kappa shape index (κ3) is 3.22. The molecule has 1 atom stereocenters. The minimum absolute atomic E-state index is 0.0336. The number of β-amino-alcohol motifs (C(OH)–C–C–N with tert-alkyl or cyclic N) is 1. The molecule has 0 bridgehead atoms. The van der Waals surface area contributed by atoms with Crippen LogP contribution in [0.2, 0.25) is 0 Å². The fourth-order valence-electron chi connectivity index (χ4n) is 2.44. The van der Waals surface area contributed by atoms with Gasteiger partial charge in [0.2, 0.25) is 5.91 Å². The van der Waals surface area contributed by atoms with Gasteiger partial charge in [-0.15, -0.1) is 0 Å². The topological polar surface area (TPSA) is 70.1 Å². The highest BCUT2D eigenvalue weighted by molar-refractivity contribution is 6.01. The number of aryl methyl sites for hydroxylation is 2. The molecule has 0 radical (unpaired) electrons. The van der Waals surface area contributed by atoms with Crippen LogP contribution >= 0.6 is 0 Å². The highest BCUT2D eigenvalue weighted by atomic mass is 16.5. The molecule has 1 fully saturated rings. The van der Waals surface area contributed by atoms with E-state index in [1.54, 1.807) is 7.05 Å². The number of rotatable bonds is 5. The van der Waals surface area contributed by atoms with Gasteiger partial charge in [-0.3, -0.25) is 9.69 Å². The summed E-state index contributed by atoms with van der Waals surface area (Å²) >= 11 is 0. The van der Waals surface area contributed by atoms with E-state index in [1.165, 1.54) is 4.90 Å². The number of urea groups is 1. The highest BCUT2D eigenvalue weighted by Gasteiger charge is 2.34. The Kier molecular flexibility index (Phi) is 4.71. The summed E-state index contributed by atoms with van der Waals surface area (Å²) in [4.78, 5) is 25.8. The molecule has 1 heterocycles. The summed E-state index contributed by atoms with van der Waals surface area (Å²) in [7, 11) is 1.56. The van der Waals surface area contributed by atoms with E-state index >= 15 is 0 Å². The molecule has 1 N–H and O–H groups in total. The van der Waals surface area contributed by atoms with Gasteiger partial charge in [0.05, 0.1) is 6.54 Å². The van der Waals surface area contributed by atoms with Crippen molar-refractivity contribution in [2.75, 3.05) is 26.7 Å². The second-order valence-electron chi connectivity index (χ2n) is 5.76. The number of carbonyl (C=O) groups excluding carboxylic acids is 2. The number of imide groups is 1. The number of likely N-dealkylation sites (N-methyl/N-ethyl adjacent to an activating group) is 1. The number of aliphatic hydroxyl groups excluding tert-OH is 1. The third-order valence-corrected chi connectivity index (χ3v) is 3.92. The van der Waals surface area contributed by atoms with Crippen LogP contribution in [0.4, 0.5) is 4.79 Å². The Morgan fingerprint density at radius 2 is 1.86 bits per heavy atom. The van der Waals surface area contributed by atoms with Crippen molar-refractivity contribution in [1.82, 2.24) is 9.80 Å². The van der Waals surface area contributed by atoms with Gasteiger partial charge in [0.1, 0.15) is 25.0 Å². The lowest BCUT2D eigenvalue weighted by Gasteiger charge is -2.20. The monoisotopic (exact) mass is 306 g/mol. The van der Waals surface area contributed by atoms with Gasteiger partial charge in [0.25, 0.3) is 0 Å². The van der Waals surface area contributed by atoms with Crippen LogP contribution in [-0.4, -0.2) is 59.7 Å². The second-order valence-corrected chi connectivity index (χ2v) is 5.76. The molecular formula is C16H22N2O4. The molecule has 0 aromatic heterocycles.